The van der Waals surface area contributed by atoms with E-state index < -0.39 is 0 Å². The van der Waals surface area contributed by atoms with E-state index in [1.807, 2.05) is 0 Å². The Bertz CT molecular complexity index is 312. The Balaban J connectivity index is 3.00. The van der Waals surface area contributed by atoms with Gasteiger partial charge in [-0.1, -0.05) is 23.2 Å². The van der Waals surface area contributed by atoms with Gasteiger partial charge in [0.25, 0.3) is 0 Å². The quantitative estimate of drug-likeness (QED) is 0.419. The third-order valence-electron chi connectivity index (χ3n) is 1.17. The standard InChI is InChI=1S/C7H7Cl2N3/c1-4(10)12-5-2-3-11-7(9)6(5)8/h2-3H,1H3,(H2,10,11,12). The van der Waals surface area contributed by atoms with Crippen LogP contribution in [0.1, 0.15) is 6.92 Å². The van der Waals surface area contributed by atoms with Crippen molar-refractivity contribution in [3.63, 3.8) is 0 Å². The highest BCUT2D eigenvalue weighted by molar-refractivity contribution is 6.43. The Hall–Kier alpha value is -0.800. The summed E-state index contributed by atoms with van der Waals surface area (Å²) in [4.78, 5) is 3.77. The first-order valence-electron chi connectivity index (χ1n) is 3.23. The van der Waals surface area contributed by atoms with Crippen molar-refractivity contribution >= 4 is 34.7 Å². The Kier molecular flexibility index (Phi) is 2.89. The molecule has 1 rings (SSSR count). The van der Waals surface area contributed by atoms with E-state index in [2.05, 4.69) is 10.3 Å². The monoisotopic (exact) mass is 203 g/mol. The fourth-order valence-electron chi connectivity index (χ4n) is 0.717. The lowest BCUT2D eigenvalue weighted by Crippen LogP contribution is -2.05. The van der Waals surface area contributed by atoms with E-state index in [0.29, 0.717) is 16.5 Å². The minimum Gasteiger partial charge on any atom is -0.343 e. The molecule has 3 nitrogen and oxygen atoms in total. The number of amidine groups is 1. The zero-order chi connectivity index (χ0) is 9.14. The van der Waals surface area contributed by atoms with Gasteiger partial charge >= 0.3 is 0 Å². The van der Waals surface area contributed by atoms with Crippen LogP contribution in [0.2, 0.25) is 10.2 Å². The second kappa shape index (κ2) is 3.74. The highest BCUT2D eigenvalue weighted by atomic mass is 35.5. The van der Waals surface area contributed by atoms with Gasteiger partial charge in [-0.3, -0.25) is 5.41 Å². The van der Waals surface area contributed by atoms with Crippen LogP contribution in [-0.2, 0) is 0 Å². The van der Waals surface area contributed by atoms with Gasteiger partial charge in [-0.05, 0) is 13.0 Å². The van der Waals surface area contributed by atoms with Crippen molar-refractivity contribution in [1.29, 1.82) is 5.41 Å². The van der Waals surface area contributed by atoms with Gasteiger partial charge in [-0.2, -0.15) is 0 Å². The van der Waals surface area contributed by atoms with Crippen molar-refractivity contribution in [3.05, 3.63) is 22.4 Å². The van der Waals surface area contributed by atoms with Crippen LogP contribution in [0.3, 0.4) is 0 Å². The molecule has 0 aliphatic carbocycles. The number of rotatable bonds is 1. The van der Waals surface area contributed by atoms with E-state index in [1.54, 1.807) is 13.0 Å². The largest absolute Gasteiger partial charge is 0.343 e. The highest BCUT2D eigenvalue weighted by Crippen LogP contribution is 2.27. The van der Waals surface area contributed by atoms with E-state index >= 15 is 0 Å². The molecule has 0 bridgehead atoms. The SMILES string of the molecule is CC(=N)Nc1ccnc(Cl)c1Cl. The van der Waals surface area contributed by atoms with Crippen LogP contribution in [0.25, 0.3) is 0 Å². The van der Waals surface area contributed by atoms with Gasteiger partial charge in [0.1, 0.15) is 10.2 Å². The third kappa shape index (κ3) is 2.09. The summed E-state index contributed by atoms with van der Waals surface area (Å²) in [6.45, 7) is 1.62. The Morgan fingerprint density at radius 1 is 1.58 bits per heavy atom. The number of pyridine rings is 1. The number of anilines is 1. The number of hydrogen-bond acceptors (Lipinski definition) is 2. The lowest BCUT2D eigenvalue weighted by atomic mass is 10.4. The molecule has 1 aromatic rings. The zero-order valence-electron chi connectivity index (χ0n) is 6.36. The van der Waals surface area contributed by atoms with Crippen LogP contribution in [0.5, 0.6) is 0 Å². The average Bonchev–Trinajstić information content (AvgIpc) is 1.98. The molecule has 0 radical (unpaired) electrons. The summed E-state index contributed by atoms with van der Waals surface area (Å²) in [7, 11) is 0. The lowest BCUT2D eigenvalue weighted by molar-refractivity contribution is 1.32. The first-order chi connectivity index (χ1) is 5.61. The molecule has 0 saturated heterocycles. The normalized spacial score (nSPS) is 9.58. The fraction of sp³-hybridized carbons (Fsp3) is 0.143. The van der Waals surface area contributed by atoms with Crippen LogP contribution in [0.15, 0.2) is 12.3 Å². The van der Waals surface area contributed by atoms with Gasteiger partial charge in [-0.15, -0.1) is 0 Å². The Morgan fingerprint density at radius 2 is 2.25 bits per heavy atom. The molecule has 64 valence electrons. The summed E-state index contributed by atoms with van der Waals surface area (Å²) in [5.41, 5.74) is 0.601. The summed E-state index contributed by atoms with van der Waals surface area (Å²) in [6.07, 6.45) is 1.53. The Morgan fingerprint density at radius 3 is 2.83 bits per heavy atom. The van der Waals surface area contributed by atoms with Gasteiger partial charge in [0.15, 0.2) is 0 Å². The first kappa shape index (κ1) is 9.29. The molecular weight excluding hydrogens is 197 g/mol. The van der Waals surface area contributed by atoms with Crippen LogP contribution >= 0.6 is 23.2 Å². The van der Waals surface area contributed by atoms with Gasteiger partial charge in [0.05, 0.1) is 11.5 Å². The molecule has 2 N–H and O–H groups in total. The van der Waals surface area contributed by atoms with Gasteiger partial charge < -0.3 is 5.32 Å². The molecule has 0 amide bonds. The molecule has 5 heteroatoms. The molecule has 0 spiro atoms. The van der Waals surface area contributed by atoms with Crippen LogP contribution in [-0.4, -0.2) is 10.8 Å². The maximum absolute atomic E-state index is 7.17. The van der Waals surface area contributed by atoms with Crippen molar-refractivity contribution in [3.8, 4) is 0 Å². The van der Waals surface area contributed by atoms with Gasteiger partial charge in [-0.25, -0.2) is 4.98 Å². The minimum absolute atomic E-state index is 0.239. The van der Waals surface area contributed by atoms with E-state index in [9.17, 15) is 0 Å². The molecule has 0 aliphatic rings. The second-order valence-corrected chi connectivity index (χ2v) is 2.95. The molecule has 1 heterocycles. The van der Waals surface area contributed by atoms with Crippen LogP contribution in [0, 0.1) is 5.41 Å². The predicted molar refractivity (Wildman–Crippen MR) is 51.3 cm³/mol. The van der Waals surface area contributed by atoms with Crippen molar-refractivity contribution in [2.45, 2.75) is 6.92 Å². The number of hydrogen-bond donors (Lipinski definition) is 2. The molecule has 1 aromatic heterocycles. The van der Waals surface area contributed by atoms with Crippen molar-refractivity contribution < 1.29 is 0 Å². The molecule has 0 atom stereocenters. The number of nitrogens with one attached hydrogen (secondary N) is 2. The number of halogens is 2. The summed E-state index contributed by atoms with van der Waals surface area (Å²) in [5.74, 6) is 0.305. The fourth-order valence-corrected chi connectivity index (χ4v) is 1.03. The average molecular weight is 204 g/mol. The summed E-state index contributed by atoms with van der Waals surface area (Å²) in [6, 6.07) is 1.66. The first-order valence-corrected chi connectivity index (χ1v) is 3.99. The van der Waals surface area contributed by atoms with Crippen molar-refractivity contribution in [2.24, 2.45) is 0 Å². The van der Waals surface area contributed by atoms with Gasteiger partial charge in [0.2, 0.25) is 0 Å². The van der Waals surface area contributed by atoms with E-state index in [1.165, 1.54) is 6.20 Å². The second-order valence-electron chi connectivity index (χ2n) is 2.21. The van der Waals surface area contributed by atoms with E-state index in [-0.39, 0.29) is 5.15 Å². The summed E-state index contributed by atoms with van der Waals surface area (Å²) < 4.78 is 0. The molecule has 0 aliphatic heterocycles. The molecule has 0 fully saturated rings. The summed E-state index contributed by atoms with van der Waals surface area (Å²) >= 11 is 11.4. The zero-order valence-corrected chi connectivity index (χ0v) is 7.87. The Labute approximate surface area is 80.2 Å². The predicted octanol–water partition coefficient (Wildman–Crippen LogP) is 2.80. The molecule has 0 unspecified atom stereocenters. The highest BCUT2D eigenvalue weighted by Gasteiger charge is 2.04. The minimum atomic E-state index is 0.239. The third-order valence-corrected chi connectivity index (χ3v) is 1.93. The smallest absolute Gasteiger partial charge is 0.149 e. The maximum atomic E-state index is 7.17. The van der Waals surface area contributed by atoms with Crippen LogP contribution < -0.4 is 5.32 Å². The summed E-state index contributed by atoms with van der Waals surface area (Å²) in [5, 5.41) is 10.5. The topological polar surface area (TPSA) is 48.8 Å². The van der Waals surface area contributed by atoms with Crippen molar-refractivity contribution in [1.82, 2.24) is 4.98 Å². The number of nitrogens with zero attached hydrogens (tertiary/aromatic N) is 1. The number of aromatic nitrogens is 1. The maximum Gasteiger partial charge on any atom is 0.149 e. The van der Waals surface area contributed by atoms with E-state index in [4.69, 9.17) is 28.6 Å². The van der Waals surface area contributed by atoms with Crippen LogP contribution in [0.4, 0.5) is 5.69 Å². The molecular formula is C7H7Cl2N3. The van der Waals surface area contributed by atoms with Crippen molar-refractivity contribution in [2.75, 3.05) is 5.32 Å². The lowest BCUT2D eigenvalue weighted by Gasteiger charge is -2.05. The molecule has 0 aromatic carbocycles. The molecule has 12 heavy (non-hydrogen) atoms. The molecule has 0 saturated carbocycles. The van der Waals surface area contributed by atoms with E-state index in [0.717, 1.165) is 0 Å². The van der Waals surface area contributed by atoms with Gasteiger partial charge in [0, 0.05) is 6.20 Å².